The second-order valence-corrected chi connectivity index (χ2v) is 11.1. The smallest absolute Gasteiger partial charge is 0.342 e. The number of carbonyl (C=O) groups is 1. The molecule has 0 amide bonds. The van der Waals surface area contributed by atoms with E-state index in [0.29, 0.717) is 5.56 Å². The molecular formula is C31H42N6O2. The van der Waals surface area contributed by atoms with Crippen molar-refractivity contribution in [2.45, 2.75) is 45.9 Å². The summed E-state index contributed by atoms with van der Waals surface area (Å²) in [5.41, 5.74) is 4.61. The first-order valence-electron chi connectivity index (χ1n) is 14.4. The van der Waals surface area contributed by atoms with Crippen molar-refractivity contribution in [1.29, 1.82) is 0 Å². The maximum Gasteiger partial charge on any atom is 0.342 e. The highest BCUT2D eigenvalue weighted by molar-refractivity contribution is 5.94. The Morgan fingerprint density at radius 2 is 1.44 bits per heavy atom. The van der Waals surface area contributed by atoms with E-state index < -0.39 is 0 Å². The Bertz CT molecular complexity index is 1150. The van der Waals surface area contributed by atoms with Crippen LogP contribution < -0.4 is 4.90 Å². The molecule has 0 radical (unpaired) electrons. The van der Waals surface area contributed by atoms with Crippen molar-refractivity contribution in [1.82, 2.24) is 19.7 Å². The summed E-state index contributed by atoms with van der Waals surface area (Å²) >= 11 is 0. The molecule has 0 saturated carbocycles. The van der Waals surface area contributed by atoms with Gasteiger partial charge in [0.25, 0.3) is 0 Å². The van der Waals surface area contributed by atoms with Crippen LogP contribution in [0.5, 0.6) is 0 Å². The highest BCUT2D eigenvalue weighted by atomic mass is 16.5. The van der Waals surface area contributed by atoms with Crippen molar-refractivity contribution < 1.29 is 9.53 Å². The van der Waals surface area contributed by atoms with Gasteiger partial charge < -0.3 is 9.64 Å². The number of carbonyl (C=O) groups excluding carboxylic acids is 1. The van der Waals surface area contributed by atoms with Crippen LogP contribution in [0.1, 0.15) is 48.2 Å². The molecule has 2 aromatic rings. The zero-order valence-corrected chi connectivity index (χ0v) is 23.5. The molecular weight excluding hydrogens is 488 g/mol. The fourth-order valence-corrected chi connectivity index (χ4v) is 5.50. The second-order valence-electron chi connectivity index (χ2n) is 11.1. The van der Waals surface area contributed by atoms with Gasteiger partial charge in [0.05, 0.1) is 6.10 Å². The van der Waals surface area contributed by atoms with Gasteiger partial charge in [-0.05, 0) is 49.9 Å². The zero-order valence-electron chi connectivity index (χ0n) is 23.5. The average Bonchev–Trinajstić information content (AvgIpc) is 2.96. The van der Waals surface area contributed by atoms with Gasteiger partial charge in [-0.2, -0.15) is 0 Å². The molecule has 5 rings (SSSR count). The van der Waals surface area contributed by atoms with Crippen LogP contribution in [0.15, 0.2) is 59.9 Å². The number of hydrogen-bond donors (Lipinski definition) is 0. The number of nitrogens with zero attached hydrogens (tertiary/aromatic N) is 6. The molecule has 0 spiro atoms. The Morgan fingerprint density at radius 1 is 0.846 bits per heavy atom. The van der Waals surface area contributed by atoms with Crippen molar-refractivity contribution in [3.05, 3.63) is 71.6 Å². The molecule has 3 aliphatic rings. The Morgan fingerprint density at radius 3 is 2.00 bits per heavy atom. The van der Waals surface area contributed by atoms with E-state index in [9.17, 15) is 4.79 Å². The van der Waals surface area contributed by atoms with Crippen LogP contribution in [0.2, 0.25) is 0 Å². The van der Waals surface area contributed by atoms with E-state index in [1.165, 1.54) is 16.8 Å². The van der Waals surface area contributed by atoms with Crippen LogP contribution >= 0.6 is 0 Å². The van der Waals surface area contributed by atoms with E-state index in [4.69, 9.17) is 4.74 Å². The fraction of sp³-hybridized carbons (Fsp3) is 0.516. The number of aliphatic imine (C=N–C) groups is 1. The number of esters is 1. The minimum Gasteiger partial charge on any atom is -0.459 e. The van der Waals surface area contributed by atoms with Gasteiger partial charge in [0.2, 0.25) is 0 Å². The number of ether oxygens (including phenoxy) is 1. The number of rotatable bonds is 9. The molecule has 208 valence electrons. The van der Waals surface area contributed by atoms with Crippen LogP contribution in [-0.2, 0) is 17.8 Å². The minimum atomic E-state index is -0.301. The van der Waals surface area contributed by atoms with Gasteiger partial charge in [0.1, 0.15) is 11.4 Å². The predicted molar refractivity (Wildman–Crippen MR) is 156 cm³/mol. The average molecular weight is 531 g/mol. The first-order valence-corrected chi connectivity index (χ1v) is 14.4. The standard InChI is InChI=1S/C31H42N6O2/c1-25(2)39-31(38)29-7-5-13-33-30(29)37-20-18-35(19-21-37)23-27-10-8-26(9-11-27)22-34-14-16-36(17-15-34)24-28-6-3-4-12-32-28/h4-5,7-13,25H,3,6,14-24H2,1-2H3. The van der Waals surface area contributed by atoms with E-state index in [0.717, 1.165) is 90.7 Å². The van der Waals surface area contributed by atoms with Gasteiger partial charge in [-0.3, -0.25) is 19.7 Å². The summed E-state index contributed by atoms with van der Waals surface area (Å²) in [6.07, 6.45) is 7.96. The largest absolute Gasteiger partial charge is 0.459 e. The molecule has 8 heteroatoms. The highest BCUT2D eigenvalue weighted by Crippen LogP contribution is 2.21. The molecule has 0 bridgehead atoms. The molecule has 2 fully saturated rings. The van der Waals surface area contributed by atoms with Gasteiger partial charge in [-0.1, -0.05) is 30.3 Å². The normalized spacial score (nSPS) is 19.4. The molecule has 0 aliphatic carbocycles. The SMILES string of the molecule is CC(C)OC(=O)c1cccnc1N1CCN(Cc2ccc(CN3CCN(CC4=NC=CCC4)CC3)cc2)CC1. The third kappa shape index (κ3) is 7.75. The molecule has 0 atom stereocenters. The van der Waals surface area contributed by atoms with E-state index in [-0.39, 0.29) is 12.1 Å². The van der Waals surface area contributed by atoms with Crippen LogP contribution in [0, 0.1) is 0 Å². The van der Waals surface area contributed by atoms with Crippen LogP contribution in [-0.4, -0.2) is 96.4 Å². The van der Waals surface area contributed by atoms with Gasteiger partial charge in [0, 0.05) is 90.1 Å². The number of piperazine rings is 2. The van der Waals surface area contributed by atoms with E-state index in [1.807, 2.05) is 26.1 Å². The molecule has 0 N–H and O–H groups in total. The molecule has 0 unspecified atom stereocenters. The summed E-state index contributed by atoms with van der Waals surface area (Å²) in [5, 5.41) is 0. The quantitative estimate of drug-likeness (QED) is 0.457. The fourth-order valence-electron chi connectivity index (χ4n) is 5.50. The molecule has 39 heavy (non-hydrogen) atoms. The Balaban J connectivity index is 1.06. The third-order valence-corrected chi connectivity index (χ3v) is 7.69. The summed E-state index contributed by atoms with van der Waals surface area (Å²) in [6.45, 7) is 14.7. The first kappa shape index (κ1) is 27.5. The predicted octanol–water partition coefficient (Wildman–Crippen LogP) is 3.84. The Kier molecular flexibility index (Phi) is 9.40. The second kappa shape index (κ2) is 13.3. The monoisotopic (exact) mass is 530 g/mol. The Hall–Kier alpha value is -3.07. The van der Waals surface area contributed by atoms with E-state index >= 15 is 0 Å². The lowest BCUT2D eigenvalue weighted by Gasteiger charge is -2.36. The molecule has 1 aromatic carbocycles. The van der Waals surface area contributed by atoms with Crippen molar-refractivity contribution in [2.24, 2.45) is 4.99 Å². The van der Waals surface area contributed by atoms with Gasteiger partial charge in [-0.25, -0.2) is 9.78 Å². The van der Waals surface area contributed by atoms with Gasteiger partial charge in [-0.15, -0.1) is 0 Å². The van der Waals surface area contributed by atoms with Crippen molar-refractivity contribution in [3.8, 4) is 0 Å². The van der Waals surface area contributed by atoms with E-state index in [1.54, 1.807) is 12.3 Å². The summed E-state index contributed by atoms with van der Waals surface area (Å²) in [4.78, 5) is 31.4. The topological polar surface area (TPSA) is 64.5 Å². The summed E-state index contributed by atoms with van der Waals surface area (Å²) in [7, 11) is 0. The molecule has 1 aromatic heterocycles. The number of aromatic nitrogens is 1. The van der Waals surface area contributed by atoms with Gasteiger partial charge >= 0.3 is 5.97 Å². The molecule has 2 saturated heterocycles. The molecule has 8 nitrogen and oxygen atoms in total. The maximum absolute atomic E-state index is 12.6. The number of allylic oxidation sites excluding steroid dienone is 1. The van der Waals surface area contributed by atoms with Gasteiger partial charge in [0.15, 0.2) is 0 Å². The number of benzene rings is 1. The van der Waals surface area contributed by atoms with Crippen LogP contribution in [0.25, 0.3) is 0 Å². The van der Waals surface area contributed by atoms with Crippen LogP contribution in [0.4, 0.5) is 5.82 Å². The maximum atomic E-state index is 12.6. The summed E-state index contributed by atoms with van der Waals surface area (Å²) < 4.78 is 5.43. The Labute approximate surface area is 233 Å². The van der Waals surface area contributed by atoms with Crippen molar-refractivity contribution in [3.63, 3.8) is 0 Å². The number of pyridine rings is 1. The minimum absolute atomic E-state index is 0.149. The lowest BCUT2D eigenvalue weighted by atomic mass is 10.1. The number of anilines is 1. The van der Waals surface area contributed by atoms with Crippen molar-refractivity contribution >= 4 is 17.5 Å². The van der Waals surface area contributed by atoms with E-state index in [2.05, 4.69) is 59.9 Å². The lowest BCUT2D eigenvalue weighted by molar-refractivity contribution is 0.0378. The van der Waals surface area contributed by atoms with Crippen molar-refractivity contribution in [2.75, 3.05) is 63.8 Å². The molecule has 4 heterocycles. The van der Waals surface area contributed by atoms with Crippen LogP contribution in [0.3, 0.4) is 0 Å². The molecule has 3 aliphatic heterocycles. The summed E-state index contributed by atoms with van der Waals surface area (Å²) in [6, 6.07) is 12.8. The number of hydrogen-bond acceptors (Lipinski definition) is 8. The lowest BCUT2D eigenvalue weighted by Crippen LogP contribution is -2.47. The third-order valence-electron chi connectivity index (χ3n) is 7.69. The summed E-state index contributed by atoms with van der Waals surface area (Å²) in [5.74, 6) is 0.428. The first-order chi connectivity index (χ1) is 19.0. The zero-order chi connectivity index (χ0) is 27.0. The highest BCUT2D eigenvalue weighted by Gasteiger charge is 2.24.